The van der Waals surface area contributed by atoms with E-state index in [1.807, 2.05) is 0 Å². The van der Waals surface area contributed by atoms with Gasteiger partial charge in [-0.05, 0) is 63.3 Å². The molecule has 1 aromatic rings. The SMILES string of the molecule is CC(C)(C)OC(=O)N1CCC2(CC1)CC(N)c1ccc(C(F)(F)F)cc12. The molecule has 1 amide bonds. The first-order valence-corrected chi connectivity index (χ1v) is 8.86. The molecule has 1 atom stereocenters. The number of alkyl halides is 3. The van der Waals surface area contributed by atoms with Crippen LogP contribution in [-0.4, -0.2) is 29.7 Å². The highest BCUT2D eigenvalue weighted by molar-refractivity contribution is 5.68. The fourth-order valence-electron chi connectivity index (χ4n) is 4.07. The fourth-order valence-corrected chi connectivity index (χ4v) is 4.07. The van der Waals surface area contributed by atoms with E-state index in [2.05, 4.69) is 0 Å². The first-order valence-electron chi connectivity index (χ1n) is 8.86. The van der Waals surface area contributed by atoms with E-state index in [4.69, 9.17) is 10.5 Å². The Morgan fingerprint density at radius 1 is 1.23 bits per heavy atom. The van der Waals surface area contributed by atoms with Gasteiger partial charge in [0.25, 0.3) is 0 Å². The number of amides is 1. The average Bonchev–Trinajstić information content (AvgIpc) is 2.77. The first kappa shape index (κ1) is 19.0. The number of halogens is 3. The lowest BCUT2D eigenvalue weighted by molar-refractivity contribution is -0.137. The molecule has 7 heteroatoms. The van der Waals surface area contributed by atoms with Gasteiger partial charge in [0, 0.05) is 24.5 Å². The average molecular weight is 370 g/mol. The lowest BCUT2D eigenvalue weighted by Crippen LogP contribution is -2.46. The predicted octanol–water partition coefficient (Wildman–Crippen LogP) is 4.38. The Morgan fingerprint density at radius 3 is 2.38 bits per heavy atom. The molecule has 0 saturated carbocycles. The summed E-state index contributed by atoms with van der Waals surface area (Å²) in [4.78, 5) is 13.9. The molecule has 0 aromatic heterocycles. The number of ether oxygens (including phenoxy) is 1. The van der Waals surface area contributed by atoms with Gasteiger partial charge in [-0.25, -0.2) is 4.79 Å². The van der Waals surface area contributed by atoms with Crippen molar-refractivity contribution in [2.75, 3.05) is 13.1 Å². The number of carbonyl (C=O) groups excluding carboxylic acids is 1. The molecule has 3 rings (SSSR count). The summed E-state index contributed by atoms with van der Waals surface area (Å²) in [6.07, 6.45) is -2.95. The Labute approximate surface area is 151 Å². The van der Waals surface area contributed by atoms with Crippen molar-refractivity contribution in [2.24, 2.45) is 5.73 Å². The molecule has 1 heterocycles. The molecule has 26 heavy (non-hydrogen) atoms. The Bertz CT molecular complexity index is 702. The number of nitrogens with two attached hydrogens (primary N) is 1. The van der Waals surface area contributed by atoms with E-state index in [-0.39, 0.29) is 12.1 Å². The zero-order valence-corrected chi connectivity index (χ0v) is 15.3. The topological polar surface area (TPSA) is 55.6 Å². The van der Waals surface area contributed by atoms with E-state index in [9.17, 15) is 18.0 Å². The van der Waals surface area contributed by atoms with Gasteiger partial charge in [0.1, 0.15) is 5.60 Å². The maximum absolute atomic E-state index is 13.1. The lowest BCUT2D eigenvalue weighted by Gasteiger charge is -2.40. The monoisotopic (exact) mass is 370 g/mol. The van der Waals surface area contributed by atoms with Crippen molar-refractivity contribution in [2.45, 2.75) is 63.3 Å². The van der Waals surface area contributed by atoms with Gasteiger partial charge in [0.15, 0.2) is 0 Å². The minimum absolute atomic E-state index is 0.264. The smallest absolute Gasteiger partial charge is 0.416 e. The summed E-state index contributed by atoms with van der Waals surface area (Å²) in [5, 5.41) is 0. The van der Waals surface area contributed by atoms with E-state index >= 15 is 0 Å². The van der Waals surface area contributed by atoms with Crippen LogP contribution in [-0.2, 0) is 16.3 Å². The van der Waals surface area contributed by atoms with Crippen LogP contribution in [0, 0.1) is 0 Å². The molecule has 2 N–H and O–H groups in total. The molecule has 1 fully saturated rings. The van der Waals surface area contributed by atoms with Gasteiger partial charge >= 0.3 is 12.3 Å². The van der Waals surface area contributed by atoms with Crippen LogP contribution in [0.1, 0.15) is 62.8 Å². The molecule has 0 radical (unpaired) electrons. The molecular weight excluding hydrogens is 345 g/mol. The van der Waals surface area contributed by atoms with Crippen LogP contribution in [0.5, 0.6) is 0 Å². The number of likely N-dealkylation sites (tertiary alicyclic amines) is 1. The third-order valence-electron chi connectivity index (χ3n) is 5.33. The first-order chi connectivity index (χ1) is 11.9. The van der Waals surface area contributed by atoms with E-state index in [1.165, 1.54) is 12.1 Å². The number of hydrogen-bond donors (Lipinski definition) is 1. The fraction of sp³-hybridized carbons (Fsp3) is 0.632. The highest BCUT2D eigenvalue weighted by Gasteiger charge is 2.46. The van der Waals surface area contributed by atoms with Crippen molar-refractivity contribution in [3.8, 4) is 0 Å². The third kappa shape index (κ3) is 3.54. The number of rotatable bonds is 0. The highest BCUT2D eigenvalue weighted by Crippen LogP contribution is 2.51. The molecule has 1 aliphatic carbocycles. The van der Waals surface area contributed by atoms with E-state index in [1.54, 1.807) is 25.7 Å². The number of benzene rings is 1. The van der Waals surface area contributed by atoms with Crippen molar-refractivity contribution in [3.05, 3.63) is 34.9 Å². The molecule has 1 aliphatic heterocycles. The largest absolute Gasteiger partial charge is 0.444 e. The number of nitrogens with zero attached hydrogens (tertiary/aromatic N) is 1. The van der Waals surface area contributed by atoms with E-state index < -0.39 is 22.8 Å². The van der Waals surface area contributed by atoms with Gasteiger partial charge in [-0.15, -0.1) is 0 Å². The van der Waals surface area contributed by atoms with Gasteiger partial charge in [-0.2, -0.15) is 13.2 Å². The lowest BCUT2D eigenvalue weighted by atomic mass is 9.73. The van der Waals surface area contributed by atoms with Crippen LogP contribution >= 0.6 is 0 Å². The van der Waals surface area contributed by atoms with Crippen LogP contribution in [0.15, 0.2) is 18.2 Å². The third-order valence-corrected chi connectivity index (χ3v) is 5.33. The van der Waals surface area contributed by atoms with Crippen molar-refractivity contribution in [1.82, 2.24) is 4.90 Å². The zero-order valence-electron chi connectivity index (χ0n) is 15.3. The maximum Gasteiger partial charge on any atom is 0.416 e. The minimum Gasteiger partial charge on any atom is -0.444 e. The normalized spacial score (nSPS) is 22.4. The van der Waals surface area contributed by atoms with Gasteiger partial charge in [-0.3, -0.25) is 0 Å². The summed E-state index contributed by atoms with van der Waals surface area (Å²) in [5.41, 5.74) is 6.09. The highest BCUT2D eigenvalue weighted by atomic mass is 19.4. The number of fused-ring (bicyclic) bond motifs is 2. The molecule has 0 bridgehead atoms. The van der Waals surface area contributed by atoms with Crippen molar-refractivity contribution in [1.29, 1.82) is 0 Å². The maximum atomic E-state index is 13.1. The number of carbonyl (C=O) groups is 1. The van der Waals surface area contributed by atoms with Crippen LogP contribution in [0.25, 0.3) is 0 Å². The molecule has 2 aliphatic rings. The van der Waals surface area contributed by atoms with Crippen molar-refractivity contribution < 1.29 is 22.7 Å². The molecule has 4 nitrogen and oxygen atoms in total. The summed E-state index contributed by atoms with van der Waals surface area (Å²) in [6.45, 7) is 6.33. The van der Waals surface area contributed by atoms with Gasteiger partial charge in [0.05, 0.1) is 5.56 Å². The molecule has 144 valence electrons. The van der Waals surface area contributed by atoms with E-state index in [0.29, 0.717) is 37.9 Å². The minimum atomic E-state index is -4.37. The number of piperidine rings is 1. The van der Waals surface area contributed by atoms with Crippen LogP contribution in [0.4, 0.5) is 18.0 Å². The molecule has 1 saturated heterocycles. The van der Waals surface area contributed by atoms with Gasteiger partial charge in [-0.1, -0.05) is 6.07 Å². The molecule has 1 unspecified atom stereocenters. The standard InChI is InChI=1S/C19H25F3N2O2/c1-17(2,3)26-16(25)24-8-6-18(7-9-24)11-15(23)13-5-4-12(10-14(13)18)19(20,21)22/h4-5,10,15H,6-9,11,23H2,1-3H3. The van der Waals surface area contributed by atoms with Crippen LogP contribution < -0.4 is 5.73 Å². The Hall–Kier alpha value is -1.76. The van der Waals surface area contributed by atoms with Crippen molar-refractivity contribution >= 4 is 6.09 Å². The van der Waals surface area contributed by atoms with Crippen LogP contribution in [0.2, 0.25) is 0 Å². The zero-order chi connectivity index (χ0) is 19.3. The summed E-state index contributed by atoms with van der Waals surface area (Å²) in [6, 6.07) is 3.61. The summed E-state index contributed by atoms with van der Waals surface area (Å²) < 4.78 is 44.8. The van der Waals surface area contributed by atoms with Crippen molar-refractivity contribution in [3.63, 3.8) is 0 Å². The predicted molar refractivity (Wildman–Crippen MR) is 91.7 cm³/mol. The second kappa shape index (κ2) is 6.15. The Morgan fingerprint density at radius 2 is 1.85 bits per heavy atom. The van der Waals surface area contributed by atoms with Crippen LogP contribution in [0.3, 0.4) is 0 Å². The van der Waals surface area contributed by atoms with E-state index in [0.717, 1.165) is 11.6 Å². The molecule has 1 spiro atoms. The Kier molecular flexibility index (Phi) is 4.50. The van der Waals surface area contributed by atoms with Gasteiger partial charge in [0.2, 0.25) is 0 Å². The molecule has 1 aromatic carbocycles. The summed E-state index contributed by atoms with van der Waals surface area (Å²) in [5.74, 6) is 0. The molecular formula is C19H25F3N2O2. The number of hydrogen-bond acceptors (Lipinski definition) is 3. The summed E-state index contributed by atoms with van der Waals surface area (Å²) >= 11 is 0. The second-order valence-corrected chi connectivity index (χ2v) is 8.36. The Balaban J connectivity index is 1.81. The quantitative estimate of drug-likeness (QED) is 0.737. The summed E-state index contributed by atoms with van der Waals surface area (Å²) in [7, 11) is 0. The van der Waals surface area contributed by atoms with Gasteiger partial charge < -0.3 is 15.4 Å². The second-order valence-electron chi connectivity index (χ2n) is 8.36.